The zero-order valence-corrected chi connectivity index (χ0v) is 9.11. The van der Waals surface area contributed by atoms with Crippen LogP contribution in [0.25, 0.3) is 0 Å². The predicted octanol–water partition coefficient (Wildman–Crippen LogP) is 2.66. The first-order valence-electron chi connectivity index (χ1n) is 4.62. The lowest BCUT2D eigenvalue weighted by Gasteiger charge is -2.03. The summed E-state index contributed by atoms with van der Waals surface area (Å²) in [5.41, 5.74) is 0.945. The highest BCUT2D eigenvalue weighted by molar-refractivity contribution is 7.09. The van der Waals surface area contributed by atoms with E-state index in [0.717, 1.165) is 10.7 Å². The van der Waals surface area contributed by atoms with Crippen LogP contribution in [0.4, 0.5) is 11.4 Å². The first-order chi connectivity index (χ1) is 7.75. The van der Waals surface area contributed by atoms with Crippen molar-refractivity contribution >= 4 is 22.7 Å². The molecule has 0 aliphatic rings. The molecule has 0 aliphatic carbocycles. The van der Waals surface area contributed by atoms with Gasteiger partial charge in [0.25, 0.3) is 5.69 Å². The lowest BCUT2D eigenvalue weighted by molar-refractivity contribution is -0.384. The van der Waals surface area contributed by atoms with E-state index < -0.39 is 4.92 Å². The standard InChI is InChI=1S/C10H9N3O2S/c14-13(15)9-3-1-8(2-4-9)12-7-10-11-5-6-16-10/h1-6,12H,7H2. The summed E-state index contributed by atoms with van der Waals surface area (Å²) < 4.78 is 0. The summed E-state index contributed by atoms with van der Waals surface area (Å²) in [5, 5.41) is 16.5. The summed E-state index contributed by atoms with van der Waals surface area (Å²) >= 11 is 1.57. The minimum absolute atomic E-state index is 0.0970. The lowest BCUT2D eigenvalue weighted by atomic mass is 10.3. The largest absolute Gasteiger partial charge is 0.379 e. The van der Waals surface area contributed by atoms with Crippen molar-refractivity contribution in [1.29, 1.82) is 0 Å². The number of thiazole rings is 1. The number of nitro groups is 1. The molecule has 0 saturated carbocycles. The predicted molar refractivity (Wildman–Crippen MR) is 62.5 cm³/mol. The maximum absolute atomic E-state index is 10.4. The van der Waals surface area contributed by atoms with Crippen molar-refractivity contribution in [3.63, 3.8) is 0 Å². The summed E-state index contributed by atoms with van der Waals surface area (Å²) in [6.07, 6.45) is 1.75. The molecule has 1 aromatic carbocycles. The fourth-order valence-electron chi connectivity index (χ4n) is 1.22. The van der Waals surface area contributed by atoms with Gasteiger partial charge in [0, 0.05) is 29.4 Å². The molecule has 1 aromatic heterocycles. The number of nitrogens with zero attached hydrogens (tertiary/aromatic N) is 2. The van der Waals surface area contributed by atoms with Crippen LogP contribution in [0, 0.1) is 10.1 Å². The van der Waals surface area contributed by atoms with Gasteiger partial charge < -0.3 is 5.32 Å². The van der Waals surface area contributed by atoms with Gasteiger partial charge in [0.2, 0.25) is 0 Å². The molecule has 0 atom stereocenters. The second-order valence-electron chi connectivity index (χ2n) is 3.08. The Morgan fingerprint density at radius 1 is 1.38 bits per heavy atom. The Morgan fingerprint density at radius 2 is 2.12 bits per heavy atom. The first-order valence-corrected chi connectivity index (χ1v) is 5.50. The van der Waals surface area contributed by atoms with E-state index in [-0.39, 0.29) is 5.69 Å². The van der Waals surface area contributed by atoms with E-state index in [4.69, 9.17) is 0 Å². The molecule has 0 unspecified atom stereocenters. The van der Waals surface area contributed by atoms with Crippen molar-refractivity contribution in [3.05, 3.63) is 51.0 Å². The third-order valence-electron chi connectivity index (χ3n) is 2.01. The van der Waals surface area contributed by atoms with Gasteiger partial charge >= 0.3 is 0 Å². The van der Waals surface area contributed by atoms with E-state index in [1.54, 1.807) is 29.7 Å². The maximum Gasteiger partial charge on any atom is 0.269 e. The second kappa shape index (κ2) is 4.71. The summed E-state index contributed by atoms with van der Waals surface area (Å²) in [6.45, 7) is 0.634. The molecule has 6 heteroatoms. The maximum atomic E-state index is 10.4. The van der Waals surface area contributed by atoms with E-state index in [0.29, 0.717) is 6.54 Å². The topological polar surface area (TPSA) is 68.1 Å². The fraction of sp³-hybridized carbons (Fsp3) is 0.100. The Kier molecular flexibility index (Phi) is 3.11. The highest BCUT2D eigenvalue weighted by Gasteiger charge is 2.03. The van der Waals surface area contributed by atoms with Crippen LogP contribution in [0.15, 0.2) is 35.8 Å². The molecule has 0 aliphatic heterocycles. The molecular weight excluding hydrogens is 226 g/mol. The molecule has 0 amide bonds. The molecule has 0 saturated heterocycles. The molecule has 5 nitrogen and oxygen atoms in total. The minimum Gasteiger partial charge on any atom is -0.379 e. The summed E-state index contributed by atoms with van der Waals surface area (Å²) in [7, 11) is 0. The van der Waals surface area contributed by atoms with Crippen molar-refractivity contribution < 1.29 is 4.92 Å². The first kappa shape index (κ1) is 10.6. The van der Waals surface area contributed by atoms with Crippen LogP contribution in [0.2, 0.25) is 0 Å². The van der Waals surface area contributed by atoms with Crippen LogP contribution in [0.5, 0.6) is 0 Å². The monoisotopic (exact) mass is 235 g/mol. The van der Waals surface area contributed by atoms with E-state index in [1.807, 2.05) is 5.38 Å². The van der Waals surface area contributed by atoms with Crippen molar-refractivity contribution in [2.24, 2.45) is 0 Å². The quantitative estimate of drug-likeness (QED) is 0.653. The van der Waals surface area contributed by atoms with E-state index >= 15 is 0 Å². The number of aromatic nitrogens is 1. The number of benzene rings is 1. The molecule has 0 radical (unpaired) electrons. The number of nitrogens with one attached hydrogen (secondary N) is 1. The van der Waals surface area contributed by atoms with Crippen LogP contribution in [-0.2, 0) is 6.54 Å². The molecule has 0 spiro atoms. The summed E-state index contributed by atoms with van der Waals surface area (Å²) in [4.78, 5) is 14.1. The Hall–Kier alpha value is -1.95. The Bertz CT molecular complexity index is 467. The SMILES string of the molecule is O=[N+]([O-])c1ccc(NCc2nccs2)cc1. The van der Waals surface area contributed by atoms with Crippen LogP contribution in [0.3, 0.4) is 0 Å². The van der Waals surface area contributed by atoms with Crippen LogP contribution in [0.1, 0.15) is 5.01 Å². The van der Waals surface area contributed by atoms with Crippen LogP contribution < -0.4 is 5.32 Å². The van der Waals surface area contributed by atoms with Crippen LogP contribution >= 0.6 is 11.3 Å². The molecule has 2 aromatic rings. The van der Waals surface area contributed by atoms with Gasteiger partial charge in [0.05, 0.1) is 11.5 Å². The molecular formula is C10H9N3O2S. The molecule has 2 rings (SSSR count). The van der Waals surface area contributed by atoms with Gasteiger partial charge in [-0.2, -0.15) is 0 Å². The Morgan fingerprint density at radius 3 is 2.69 bits per heavy atom. The Labute approximate surface area is 95.9 Å². The van der Waals surface area contributed by atoms with Gasteiger partial charge in [-0.05, 0) is 12.1 Å². The average molecular weight is 235 g/mol. The number of hydrogen-bond donors (Lipinski definition) is 1. The minimum atomic E-state index is -0.412. The number of nitro benzene ring substituents is 1. The van der Waals surface area contributed by atoms with E-state index in [2.05, 4.69) is 10.3 Å². The van der Waals surface area contributed by atoms with Crippen molar-refractivity contribution in [3.8, 4) is 0 Å². The molecule has 1 heterocycles. The molecule has 16 heavy (non-hydrogen) atoms. The highest BCUT2D eigenvalue weighted by atomic mass is 32.1. The van der Waals surface area contributed by atoms with Gasteiger partial charge in [-0.15, -0.1) is 11.3 Å². The van der Waals surface area contributed by atoms with Crippen LogP contribution in [-0.4, -0.2) is 9.91 Å². The number of rotatable bonds is 4. The average Bonchev–Trinajstić information content (AvgIpc) is 2.80. The Balaban J connectivity index is 1.98. The fourth-order valence-corrected chi connectivity index (χ4v) is 1.77. The van der Waals surface area contributed by atoms with Gasteiger partial charge in [0.15, 0.2) is 0 Å². The summed E-state index contributed by atoms with van der Waals surface area (Å²) in [5.74, 6) is 0. The van der Waals surface area contributed by atoms with Gasteiger partial charge in [0.1, 0.15) is 5.01 Å². The summed E-state index contributed by atoms with van der Waals surface area (Å²) in [6, 6.07) is 6.33. The lowest BCUT2D eigenvalue weighted by Crippen LogP contribution is -1.98. The van der Waals surface area contributed by atoms with Gasteiger partial charge in [-0.25, -0.2) is 4.98 Å². The van der Waals surface area contributed by atoms with Gasteiger partial charge in [-0.3, -0.25) is 10.1 Å². The smallest absolute Gasteiger partial charge is 0.269 e. The second-order valence-corrected chi connectivity index (χ2v) is 4.06. The van der Waals surface area contributed by atoms with E-state index in [9.17, 15) is 10.1 Å². The molecule has 1 N–H and O–H groups in total. The zero-order valence-electron chi connectivity index (χ0n) is 8.29. The highest BCUT2D eigenvalue weighted by Crippen LogP contribution is 2.16. The number of non-ortho nitro benzene ring substituents is 1. The number of anilines is 1. The normalized spacial score (nSPS) is 10.0. The number of hydrogen-bond acceptors (Lipinski definition) is 5. The van der Waals surface area contributed by atoms with Crippen molar-refractivity contribution in [2.75, 3.05) is 5.32 Å². The van der Waals surface area contributed by atoms with E-state index in [1.165, 1.54) is 12.1 Å². The third kappa shape index (κ3) is 2.54. The zero-order chi connectivity index (χ0) is 11.4. The van der Waals surface area contributed by atoms with Crippen molar-refractivity contribution in [1.82, 2.24) is 4.98 Å². The van der Waals surface area contributed by atoms with Gasteiger partial charge in [-0.1, -0.05) is 0 Å². The molecule has 0 fully saturated rings. The third-order valence-corrected chi connectivity index (χ3v) is 2.78. The molecule has 82 valence electrons. The molecule has 0 bridgehead atoms. The van der Waals surface area contributed by atoms with Crippen molar-refractivity contribution in [2.45, 2.75) is 6.54 Å².